The lowest BCUT2D eigenvalue weighted by molar-refractivity contribution is 0.136. The van der Waals surface area contributed by atoms with Crippen molar-refractivity contribution in [1.82, 2.24) is 9.88 Å². The summed E-state index contributed by atoms with van der Waals surface area (Å²) < 4.78 is 5.78. The first-order valence-electron chi connectivity index (χ1n) is 8.51. The number of aromatic nitrogens is 1. The molecule has 1 amide bonds. The van der Waals surface area contributed by atoms with Crippen molar-refractivity contribution < 1.29 is 19.4 Å². The normalized spacial score (nSPS) is 21.0. The summed E-state index contributed by atoms with van der Waals surface area (Å²) in [5, 5.41) is 10.4. The number of carbonyl (C=O) groups is 1. The number of ether oxygens (including phenoxy) is 1. The van der Waals surface area contributed by atoms with Gasteiger partial charge in [0.2, 0.25) is 5.88 Å². The average Bonchev–Trinajstić information content (AvgIpc) is 2.67. The molecular weight excluding hydrogens is 336 g/mol. The van der Waals surface area contributed by atoms with Crippen molar-refractivity contribution in [1.29, 1.82) is 0 Å². The Bertz CT molecular complexity index is 985. The Balaban J connectivity index is 1.78. The highest BCUT2D eigenvalue weighted by Gasteiger charge is 2.44. The van der Waals surface area contributed by atoms with Gasteiger partial charge in [0.1, 0.15) is 23.9 Å². The van der Waals surface area contributed by atoms with Gasteiger partial charge in [0.25, 0.3) is 0 Å². The van der Waals surface area contributed by atoms with Crippen LogP contribution in [-0.2, 0) is 4.79 Å². The molecule has 1 fully saturated rings. The smallest absolute Gasteiger partial charge is 0.407 e. The molecule has 0 saturated carbocycles. The maximum absolute atomic E-state index is 11.8. The molecule has 1 saturated heterocycles. The van der Waals surface area contributed by atoms with Crippen LogP contribution in [0.1, 0.15) is 0 Å². The average molecular weight is 352 g/mol. The Morgan fingerprint density at radius 2 is 2.08 bits per heavy atom. The zero-order valence-corrected chi connectivity index (χ0v) is 13.9. The first-order chi connectivity index (χ1) is 12.7. The molecule has 2 aromatic rings. The summed E-state index contributed by atoms with van der Waals surface area (Å²) in [6.07, 6.45) is -0.969. The van der Waals surface area contributed by atoms with E-state index in [1.54, 1.807) is 0 Å². The summed E-state index contributed by atoms with van der Waals surface area (Å²) >= 11 is 0. The van der Waals surface area contributed by atoms with Crippen LogP contribution in [0.5, 0.6) is 5.88 Å². The molecular formula is C18H16N4O4. The van der Waals surface area contributed by atoms with Gasteiger partial charge in [0.05, 0.1) is 30.3 Å². The maximum atomic E-state index is 11.8. The molecule has 1 N–H and O–H groups in total. The fourth-order valence-electron chi connectivity index (χ4n) is 4.14. The van der Waals surface area contributed by atoms with Gasteiger partial charge in [-0.15, -0.1) is 0 Å². The monoisotopic (exact) mass is 352 g/mol. The van der Waals surface area contributed by atoms with Gasteiger partial charge in [-0.2, -0.15) is 0 Å². The van der Waals surface area contributed by atoms with Gasteiger partial charge in [-0.05, 0) is 6.07 Å². The van der Waals surface area contributed by atoms with Crippen LogP contribution >= 0.6 is 0 Å². The number of nitrogens with zero attached hydrogens (tertiary/aromatic N) is 4. The van der Waals surface area contributed by atoms with E-state index in [0.29, 0.717) is 37.8 Å². The van der Waals surface area contributed by atoms with Crippen molar-refractivity contribution in [2.24, 2.45) is 0 Å². The number of anilines is 2. The number of fused-ring (bicyclic) bond motifs is 4. The van der Waals surface area contributed by atoms with Crippen LogP contribution in [0, 0.1) is 0 Å². The minimum atomic E-state index is -0.969. The lowest BCUT2D eigenvalue weighted by Gasteiger charge is -2.50. The van der Waals surface area contributed by atoms with Gasteiger partial charge in [-0.3, -0.25) is 0 Å². The number of rotatable bonds is 0. The topological polar surface area (TPSA) is 86.2 Å². The van der Waals surface area contributed by atoms with Gasteiger partial charge in [-0.1, -0.05) is 18.2 Å². The van der Waals surface area contributed by atoms with Crippen LogP contribution in [0.3, 0.4) is 0 Å². The van der Waals surface area contributed by atoms with Crippen molar-refractivity contribution in [2.45, 2.75) is 6.04 Å². The van der Waals surface area contributed by atoms with Crippen LogP contribution in [-0.4, -0.2) is 65.9 Å². The summed E-state index contributed by atoms with van der Waals surface area (Å²) in [5.74, 6) is 2.57. The lowest BCUT2D eigenvalue weighted by atomic mass is 9.98. The second kappa shape index (κ2) is 5.37. The Morgan fingerprint density at radius 3 is 2.88 bits per heavy atom. The Kier molecular flexibility index (Phi) is 3.11. The van der Waals surface area contributed by atoms with E-state index in [-0.39, 0.29) is 12.6 Å². The zero-order valence-electron chi connectivity index (χ0n) is 13.9. The molecule has 1 aromatic carbocycles. The standard InChI is InChI=1S/C18H16N4O4/c23-10-14-13-9-20(18(24)25)5-6-21(13)15-11-3-1-2-4-12(11)19-17-16(15)22(14)7-8-26-17/h1-4,13H,5-9H2,(H,24,25). The van der Waals surface area contributed by atoms with Gasteiger partial charge in [-0.25, -0.2) is 14.6 Å². The van der Waals surface area contributed by atoms with E-state index in [1.807, 2.05) is 29.2 Å². The molecule has 3 aliphatic rings. The number of hydrogen-bond donors (Lipinski definition) is 1. The number of pyridine rings is 1. The number of hydrogen-bond acceptors (Lipinski definition) is 6. The van der Waals surface area contributed by atoms with E-state index in [0.717, 1.165) is 22.3 Å². The summed E-state index contributed by atoms with van der Waals surface area (Å²) in [6, 6.07) is 7.45. The molecule has 8 nitrogen and oxygen atoms in total. The molecule has 0 bridgehead atoms. The quantitative estimate of drug-likeness (QED) is 0.716. The number of benzene rings is 1. The number of para-hydroxylation sites is 1. The van der Waals surface area contributed by atoms with Crippen molar-refractivity contribution in [3.63, 3.8) is 0 Å². The number of carboxylic acid groups (broad SMARTS) is 1. The Morgan fingerprint density at radius 1 is 1.23 bits per heavy atom. The van der Waals surface area contributed by atoms with E-state index in [1.165, 1.54) is 4.90 Å². The van der Waals surface area contributed by atoms with Crippen molar-refractivity contribution in [3.05, 3.63) is 30.0 Å². The van der Waals surface area contributed by atoms with Crippen molar-refractivity contribution in [2.75, 3.05) is 42.6 Å². The second-order valence-corrected chi connectivity index (χ2v) is 6.56. The van der Waals surface area contributed by atoms with Crippen LogP contribution in [0.2, 0.25) is 0 Å². The Labute approximate surface area is 148 Å². The molecule has 0 spiro atoms. The third kappa shape index (κ3) is 1.93. The fourth-order valence-corrected chi connectivity index (χ4v) is 4.14. The molecule has 5 rings (SSSR count). The largest absolute Gasteiger partial charge is 0.474 e. The highest BCUT2D eigenvalue weighted by atomic mass is 16.5. The molecule has 1 unspecified atom stereocenters. The van der Waals surface area contributed by atoms with E-state index < -0.39 is 6.09 Å². The van der Waals surface area contributed by atoms with Crippen LogP contribution in [0.25, 0.3) is 10.9 Å². The van der Waals surface area contributed by atoms with Crippen LogP contribution in [0.4, 0.5) is 16.2 Å². The lowest BCUT2D eigenvalue weighted by Crippen LogP contribution is -2.60. The first kappa shape index (κ1) is 15.0. The minimum Gasteiger partial charge on any atom is -0.474 e. The molecule has 3 aliphatic heterocycles. The minimum absolute atomic E-state index is 0.239. The maximum Gasteiger partial charge on any atom is 0.407 e. The molecule has 4 heterocycles. The van der Waals surface area contributed by atoms with Crippen LogP contribution < -0.4 is 14.5 Å². The van der Waals surface area contributed by atoms with Crippen LogP contribution in [0.15, 0.2) is 30.0 Å². The number of carbonyl (C=O) groups excluding carboxylic acids is 1. The first-order valence-corrected chi connectivity index (χ1v) is 8.51. The fraction of sp³-hybridized carbons (Fsp3) is 0.333. The van der Waals surface area contributed by atoms with E-state index >= 15 is 0 Å². The van der Waals surface area contributed by atoms with Gasteiger partial charge >= 0.3 is 6.09 Å². The zero-order chi connectivity index (χ0) is 17.8. The van der Waals surface area contributed by atoms with E-state index in [9.17, 15) is 14.7 Å². The van der Waals surface area contributed by atoms with Gasteiger partial charge in [0.15, 0.2) is 0 Å². The van der Waals surface area contributed by atoms with Gasteiger partial charge in [0, 0.05) is 18.5 Å². The number of amides is 1. The summed E-state index contributed by atoms with van der Waals surface area (Å²) in [6.45, 7) is 2.05. The predicted molar refractivity (Wildman–Crippen MR) is 94.5 cm³/mol. The number of piperazine rings is 1. The highest BCUT2D eigenvalue weighted by molar-refractivity contribution is 6.03. The molecule has 0 aliphatic carbocycles. The third-order valence-corrected chi connectivity index (χ3v) is 5.28. The summed E-state index contributed by atoms with van der Waals surface area (Å²) in [5.41, 5.74) is 3.01. The van der Waals surface area contributed by atoms with Gasteiger partial charge < -0.3 is 24.5 Å². The molecule has 132 valence electrons. The SMILES string of the molecule is O=C=C1C2CN(C(=O)O)CCN2c2c3c(nc4ccccc24)OCCN13. The van der Waals surface area contributed by atoms with E-state index in [4.69, 9.17) is 4.74 Å². The third-order valence-electron chi connectivity index (χ3n) is 5.28. The Hall–Kier alpha value is -3.25. The molecule has 1 atom stereocenters. The second-order valence-electron chi connectivity index (χ2n) is 6.56. The van der Waals surface area contributed by atoms with Crippen molar-refractivity contribution >= 4 is 34.3 Å². The molecule has 1 aromatic heterocycles. The molecule has 8 heteroatoms. The summed E-state index contributed by atoms with van der Waals surface area (Å²) in [7, 11) is 0. The predicted octanol–water partition coefficient (Wildman–Crippen LogP) is 1.33. The van der Waals surface area contributed by atoms with Crippen molar-refractivity contribution in [3.8, 4) is 5.88 Å². The molecule has 26 heavy (non-hydrogen) atoms. The summed E-state index contributed by atoms with van der Waals surface area (Å²) in [4.78, 5) is 33.2. The highest BCUT2D eigenvalue weighted by Crippen LogP contribution is 2.50. The molecule has 0 radical (unpaired) electrons. The van der Waals surface area contributed by atoms with E-state index in [2.05, 4.69) is 15.8 Å².